The van der Waals surface area contributed by atoms with E-state index in [-0.39, 0.29) is 24.1 Å². The van der Waals surface area contributed by atoms with Crippen molar-refractivity contribution in [3.05, 3.63) is 41.4 Å². The zero-order chi connectivity index (χ0) is 25.5. The van der Waals surface area contributed by atoms with Crippen LogP contribution in [0.15, 0.2) is 30.6 Å². The van der Waals surface area contributed by atoms with Gasteiger partial charge in [0.25, 0.3) is 0 Å². The highest BCUT2D eigenvalue weighted by Gasteiger charge is 2.41. The van der Waals surface area contributed by atoms with E-state index < -0.39 is 23.8 Å². The molecule has 1 aliphatic rings. The lowest BCUT2D eigenvalue weighted by Gasteiger charge is -2.29. The van der Waals surface area contributed by atoms with Gasteiger partial charge in [-0.1, -0.05) is 11.6 Å². The van der Waals surface area contributed by atoms with Gasteiger partial charge < -0.3 is 9.47 Å². The summed E-state index contributed by atoms with van der Waals surface area (Å²) in [6, 6.07) is 5.21. The molecule has 0 amide bonds. The first-order valence-corrected chi connectivity index (χ1v) is 11.8. The number of halogens is 4. The molecule has 1 fully saturated rings. The van der Waals surface area contributed by atoms with Crippen LogP contribution in [0.4, 0.5) is 18.0 Å². The van der Waals surface area contributed by atoms with Gasteiger partial charge in [0.05, 0.1) is 11.4 Å². The highest BCUT2D eigenvalue weighted by molar-refractivity contribution is 6.35. The number of hydrogen-bond donors (Lipinski definition) is 0. The van der Waals surface area contributed by atoms with Crippen molar-refractivity contribution in [2.24, 2.45) is 5.92 Å². The summed E-state index contributed by atoms with van der Waals surface area (Å²) >= 11 is 6.43. The van der Waals surface area contributed by atoms with Crippen molar-refractivity contribution in [3.8, 4) is 17.0 Å². The Morgan fingerprint density at radius 2 is 1.83 bits per heavy atom. The molecule has 10 heteroatoms. The third-order valence-corrected chi connectivity index (χ3v) is 6.21. The molecule has 0 aromatic carbocycles. The second-order valence-electron chi connectivity index (χ2n) is 9.86. The van der Waals surface area contributed by atoms with Crippen LogP contribution in [0.1, 0.15) is 52.1 Å². The largest absolute Gasteiger partial charge is 0.474 e. The number of aromatic nitrogens is 3. The molecule has 3 aromatic heterocycles. The van der Waals surface area contributed by atoms with Crippen LogP contribution in [0.3, 0.4) is 0 Å². The van der Waals surface area contributed by atoms with E-state index in [1.54, 1.807) is 46.0 Å². The standard InChI is InChI=1S/C25H27ClF3N3O3/c1-14-11-15(12-20(31-14)34-17-7-5-16(6-8-17)25(27,28)29)18-13-32(23(33)35-24(2,3)4)19-9-10-30-22(26)21(18)19/h9-13,16-17H,5-8H2,1-4H3. The quantitative estimate of drug-likeness (QED) is 0.345. The van der Waals surface area contributed by atoms with Crippen molar-refractivity contribution in [2.75, 3.05) is 0 Å². The molecule has 0 unspecified atom stereocenters. The van der Waals surface area contributed by atoms with E-state index in [1.165, 1.54) is 10.8 Å². The number of pyridine rings is 2. The minimum absolute atomic E-state index is 0.0392. The number of alkyl halides is 3. The molecule has 1 aliphatic carbocycles. The lowest BCUT2D eigenvalue weighted by atomic mass is 9.87. The Labute approximate surface area is 206 Å². The number of aryl methyl sites for hydroxylation is 1. The first-order valence-electron chi connectivity index (χ1n) is 11.4. The van der Waals surface area contributed by atoms with Gasteiger partial charge in [0.2, 0.25) is 5.88 Å². The summed E-state index contributed by atoms with van der Waals surface area (Å²) in [5, 5.41) is 0.796. The van der Waals surface area contributed by atoms with Gasteiger partial charge in [0, 0.05) is 35.1 Å². The minimum atomic E-state index is -4.17. The van der Waals surface area contributed by atoms with Crippen molar-refractivity contribution < 1.29 is 27.4 Å². The fourth-order valence-electron chi connectivity index (χ4n) is 4.35. The molecule has 0 spiro atoms. The fourth-order valence-corrected chi connectivity index (χ4v) is 4.61. The average Bonchev–Trinajstić information content (AvgIpc) is 3.13. The van der Waals surface area contributed by atoms with Crippen molar-refractivity contribution in [1.29, 1.82) is 0 Å². The molecule has 0 radical (unpaired) electrons. The number of carbonyl (C=O) groups is 1. The van der Waals surface area contributed by atoms with E-state index in [9.17, 15) is 18.0 Å². The molecule has 188 valence electrons. The van der Waals surface area contributed by atoms with Gasteiger partial charge in [-0.3, -0.25) is 4.57 Å². The van der Waals surface area contributed by atoms with Crippen molar-refractivity contribution in [2.45, 2.75) is 71.3 Å². The van der Waals surface area contributed by atoms with Gasteiger partial charge in [0.15, 0.2) is 0 Å². The zero-order valence-corrected chi connectivity index (χ0v) is 20.7. The van der Waals surface area contributed by atoms with Gasteiger partial charge in [-0.25, -0.2) is 14.8 Å². The molecular formula is C25H27ClF3N3O3. The van der Waals surface area contributed by atoms with E-state index in [0.717, 1.165) is 0 Å². The van der Waals surface area contributed by atoms with E-state index in [4.69, 9.17) is 21.1 Å². The van der Waals surface area contributed by atoms with E-state index in [1.807, 2.05) is 6.07 Å². The second kappa shape index (κ2) is 9.33. The monoisotopic (exact) mass is 509 g/mol. The molecule has 4 rings (SSSR count). The van der Waals surface area contributed by atoms with Crippen LogP contribution in [-0.2, 0) is 4.74 Å². The Morgan fingerprint density at radius 3 is 2.46 bits per heavy atom. The number of ether oxygens (including phenoxy) is 2. The Kier molecular flexibility index (Phi) is 6.74. The summed E-state index contributed by atoms with van der Waals surface area (Å²) in [5.41, 5.74) is 1.83. The van der Waals surface area contributed by atoms with Crippen LogP contribution in [0, 0.1) is 12.8 Å². The predicted octanol–water partition coefficient (Wildman–Crippen LogP) is 7.34. The zero-order valence-electron chi connectivity index (χ0n) is 19.9. The van der Waals surface area contributed by atoms with Crippen molar-refractivity contribution in [3.63, 3.8) is 0 Å². The molecule has 0 N–H and O–H groups in total. The van der Waals surface area contributed by atoms with E-state index in [0.29, 0.717) is 46.4 Å². The molecule has 3 heterocycles. The Balaban J connectivity index is 1.66. The summed E-state index contributed by atoms with van der Waals surface area (Å²) in [5.74, 6) is -0.967. The predicted molar refractivity (Wildman–Crippen MR) is 127 cm³/mol. The molecule has 1 saturated carbocycles. The molecule has 0 bridgehead atoms. The van der Waals surface area contributed by atoms with Crippen LogP contribution in [0.2, 0.25) is 5.15 Å². The van der Waals surface area contributed by atoms with E-state index >= 15 is 0 Å². The number of carbonyl (C=O) groups excluding carboxylic acids is 1. The Bertz CT molecular complexity index is 1240. The molecular weight excluding hydrogens is 483 g/mol. The van der Waals surface area contributed by atoms with Crippen LogP contribution >= 0.6 is 11.6 Å². The number of nitrogens with zero attached hydrogens (tertiary/aromatic N) is 3. The third-order valence-electron chi connectivity index (χ3n) is 5.93. The molecule has 0 aliphatic heterocycles. The molecule has 0 atom stereocenters. The van der Waals surface area contributed by atoms with Crippen molar-refractivity contribution >= 4 is 28.6 Å². The van der Waals surface area contributed by atoms with Gasteiger partial charge in [-0.15, -0.1) is 0 Å². The maximum atomic E-state index is 13.0. The van der Waals surface area contributed by atoms with Gasteiger partial charge >= 0.3 is 12.3 Å². The normalized spacial score (nSPS) is 19.1. The molecule has 0 saturated heterocycles. The van der Waals surface area contributed by atoms with Crippen LogP contribution < -0.4 is 4.74 Å². The average molecular weight is 510 g/mol. The Hall–Kier alpha value is -2.81. The maximum Gasteiger partial charge on any atom is 0.419 e. The number of rotatable bonds is 3. The van der Waals surface area contributed by atoms with Gasteiger partial charge in [-0.2, -0.15) is 13.2 Å². The highest BCUT2D eigenvalue weighted by atomic mass is 35.5. The van der Waals surface area contributed by atoms with Crippen molar-refractivity contribution in [1.82, 2.24) is 14.5 Å². The highest BCUT2D eigenvalue weighted by Crippen LogP contribution is 2.39. The van der Waals surface area contributed by atoms with Crippen LogP contribution in [0.5, 0.6) is 5.88 Å². The van der Waals surface area contributed by atoms with Gasteiger partial charge in [0.1, 0.15) is 16.9 Å². The van der Waals surface area contributed by atoms with Crippen LogP contribution in [-0.4, -0.2) is 38.5 Å². The number of hydrogen-bond acceptors (Lipinski definition) is 5. The third kappa shape index (κ3) is 5.72. The number of fused-ring (bicyclic) bond motifs is 1. The van der Waals surface area contributed by atoms with Gasteiger partial charge in [-0.05, 0) is 71.1 Å². The summed E-state index contributed by atoms with van der Waals surface area (Å²) in [4.78, 5) is 21.5. The molecule has 35 heavy (non-hydrogen) atoms. The summed E-state index contributed by atoms with van der Waals surface area (Å²) in [6.07, 6.45) is -1.22. The summed E-state index contributed by atoms with van der Waals surface area (Å²) in [7, 11) is 0. The SMILES string of the molecule is Cc1cc(-c2cn(C(=O)OC(C)(C)C)c3ccnc(Cl)c23)cc(OC2CCC(C(F)(F)F)CC2)n1. The molecule has 6 nitrogen and oxygen atoms in total. The lowest BCUT2D eigenvalue weighted by molar-refractivity contribution is -0.185. The maximum absolute atomic E-state index is 13.0. The molecule has 3 aromatic rings. The smallest absolute Gasteiger partial charge is 0.419 e. The topological polar surface area (TPSA) is 66.2 Å². The first kappa shape index (κ1) is 25.3. The second-order valence-corrected chi connectivity index (χ2v) is 10.2. The summed E-state index contributed by atoms with van der Waals surface area (Å²) in [6.45, 7) is 7.14. The fraction of sp³-hybridized carbons (Fsp3) is 0.480. The minimum Gasteiger partial charge on any atom is -0.474 e. The first-order chi connectivity index (χ1) is 16.3. The van der Waals surface area contributed by atoms with Crippen LogP contribution in [0.25, 0.3) is 22.0 Å². The summed E-state index contributed by atoms with van der Waals surface area (Å²) < 4.78 is 51.9. The van der Waals surface area contributed by atoms with E-state index in [2.05, 4.69) is 9.97 Å². The Morgan fingerprint density at radius 1 is 1.14 bits per heavy atom. The lowest BCUT2D eigenvalue weighted by Crippen LogP contribution is -2.32.